The summed E-state index contributed by atoms with van der Waals surface area (Å²) in [6.45, 7) is 0. The van der Waals surface area contributed by atoms with E-state index in [1.807, 2.05) is 17.5 Å². The fourth-order valence-corrected chi connectivity index (χ4v) is 2.71. The molecule has 15 heavy (non-hydrogen) atoms. The van der Waals surface area contributed by atoms with Crippen LogP contribution in [0.3, 0.4) is 0 Å². The summed E-state index contributed by atoms with van der Waals surface area (Å²) in [5.74, 6) is -0.933. The molecule has 0 unspecified atom stereocenters. The highest BCUT2D eigenvalue weighted by Crippen LogP contribution is 2.33. The van der Waals surface area contributed by atoms with E-state index in [4.69, 9.17) is 5.11 Å². The number of aromatic nitrogens is 1. The van der Waals surface area contributed by atoms with Gasteiger partial charge in [0.15, 0.2) is 5.13 Å². The summed E-state index contributed by atoms with van der Waals surface area (Å²) in [5, 5.41) is 14.4. The third-order valence-corrected chi connectivity index (χ3v) is 3.73. The molecule has 2 N–H and O–H groups in total. The SMILES string of the molecule is CNc1nc(-c2cccs2)c(C(=O)O)s1. The zero-order chi connectivity index (χ0) is 10.8. The van der Waals surface area contributed by atoms with E-state index in [2.05, 4.69) is 10.3 Å². The topological polar surface area (TPSA) is 62.2 Å². The minimum Gasteiger partial charge on any atom is -0.477 e. The molecule has 0 aliphatic carbocycles. The standard InChI is InChI=1S/C9H8N2O2S2/c1-10-9-11-6(5-3-2-4-14-5)7(15-9)8(12)13/h2-4H,1H3,(H,10,11)(H,12,13). The van der Waals surface area contributed by atoms with Crippen molar-refractivity contribution in [2.24, 2.45) is 0 Å². The quantitative estimate of drug-likeness (QED) is 0.865. The van der Waals surface area contributed by atoms with Crippen molar-refractivity contribution in [3.63, 3.8) is 0 Å². The number of hydrogen-bond donors (Lipinski definition) is 2. The molecule has 2 aromatic rings. The molecule has 0 saturated heterocycles. The Bertz CT molecular complexity index is 476. The van der Waals surface area contributed by atoms with E-state index in [0.29, 0.717) is 10.8 Å². The van der Waals surface area contributed by atoms with Crippen molar-refractivity contribution in [3.05, 3.63) is 22.4 Å². The van der Waals surface area contributed by atoms with Crippen molar-refractivity contribution in [3.8, 4) is 10.6 Å². The average molecular weight is 240 g/mol. The zero-order valence-electron chi connectivity index (χ0n) is 7.85. The van der Waals surface area contributed by atoms with Crippen LogP contribution in [0.5, 0.6) is 0 Å². The normalized spacial score (nSPS) is 10.2. The number of thiophene rings is 1. The highest BCUT2D eigenvalue weighted by molar-refractivity contribution is 7.19. The van der Waals surface area contributed by atoms with Crippen molar-refractivity contribution in [2.75, 3.05) is 12.4 Å². The molecular formula is C9H8N2O2S2. The van der Waals surface area contributed by atoms with Gasteiger partial charge in [-0.25, -0.2) is 9.78 Å². The van der Waals surface area contributed by atoms with Gasteiger partial charge in [0.05, 0.1) is 4.88 Å². The first-order valence-corrected chi connectivity index (χ1v) is 5.87. The molecule has 0 bridgehead atoms. The Morgan fingerprint density at radius 3 is 2.93 bits per heavy atom. The molecule has 0 fully saturated rings. The molecule has 0 atom stereocenters. The molecule has 6 heteroatoms. The number of carboxylic acid groups (broad SMARTS) is 1. The lowest BCUT2D eigenvalue weighted by Crippen LogP contribution is -1.94. The van der Waals surface area contributed by atoms with E-state index >= 15 is 0 Å². The largest absolute Gasteiger partial charge is 0.477 e. The highest BCUT2D eigenvalue weighted by atomic mass is 32.1. The van der Waals surface area contributed by atoms with Gasteiger partial charge in [-0.05, 0) is 11.4 Å². The van der Waals surface area contributed by atoms with Crippen LogP contribution in [0.25, 0.3) is 10.6 Å². The van der Waals surface area contributed by atoms with E-state index in [-0.39, 0.29) is 4.88 Å². The number of carbonyl (C=O) groups is 1. The van der Waals surface area contributed by atoms with Crippen LogP contribution in [0.2, 0.25) is 0 Å². The van der Waals surface area contributed by atoms with Crippen molar-refractivity contribution >= 4 is 33.8 Å². The summed E-state index contributed by atoms with van der Waals surface area (Å²) in [6, 6.07) is 3.75. The Morgan fingerprint density at radius 1 is 1.60 bits per heavy atom. The molecule has 2 rings (SSSR count). The summed E-state index contributed by atoms with van der Waals surface area (Å²) in [4.78, 5) is 16.4. The van der Waals surface area contributed by atoms with Crippen molar-refractivity contribution < 1.29 is 9.90 Å². The van der Waals surface area contributed by atoms with Gasteiger partial charge in [0.2, 0.25) is 0 Å². The third-order valence-electron chi connectivity index (χ3n) is 1.79. The van der Waals surface area contributed by atoms with Gasteiger partial charge in [-0.3, -0.25) is 0 Å². The Morgan fingerprint density at radius 2 is 2.40 bits per heavy atom. The molecule has 0 spiro atoms. The molecule has 0 saturated carbocycles. The van der Waals surface area contributed by atoms with Gasteiger partial charge in [0, 0.05) is 7.05 Å². The molecule has 0 aromatic carbocycles. The second kappa shape index (κ2) is 4.00. The molecule has 0 aliphatic rings. The monoisotopic (exact) mass is 240 g/mol. The Hall–Kier alpha value is -1.40. The predicted octanol–water partition coefficient (Wildman–Crippen LogP) is 2.61. The lowest BCUT2D eigenvalue weighted by Gasteiger charge is -1.92. The molecule has 0 amide bonds. The number of hydrogen-bond acceptors (Lipinski definition) is 5. The molecule has 0 aliphatic heterocycles. The summed E-state index contributed by atoms with van der Waals surface area (Å²) in [5.41, 5.74) is 0.548. The molecule has 2 aromatic heterocycles. The van der Waals surface area contributed by atoms with Gasteiger partial charge in [0.1, 0.15) is 10.6 Å². The van der Waals surface area contributed by atoms with Gasteiger partial charge in [-0.15, -0.1) is 11.3 Å². The second-order valence-electron chi connectivity index (χ2n) is 2.73. The highest BCUT2D eigenvalue weighted by Gasteiger charge is 2.18. The van der Waals surface area contributed by atoms with E-state index in [1.165, 1.54) is 11.3 Å². The smallest absolute Gasteiger partial charge is 0.348 e. The maximum Gasteiger partial charge on any atom is 0.348 e. The molecule has 0 radical (unpaired) electrons. The number of aromatic carboxylic acids is 1. The maximum absolute atomic E-state index is 11.0. The van der Waals surface area contributed by atoms with E-state index in [0.717, 1.165) is 16.2 Å². The average Bonchev–Trinajstić information content (AvgIpc) is 2.86. The Kier molecular flexibility index (Phi) is 2.70. The number of nitrogens with one attached hydrogen (secondary N) is 1. The molecule has 78 valence electrons. The van der Waals surface area contributed by atoms with E-state index < -0.39 is 5.97 Å². The van der Waals surface area contributed by atoms with Gasteiger partial charge in [-0.2, -0.15) is 0 Å². The minimum atomic E-state index is -0.933. The minimum absolute atomic E-state index is 0.279. The fraction of sp³-hybridized carbons (Fsp3) is 0.111. The van der Waals surface area contributed by atoms with E-state index in [1.54, 1.807) is 7.05 Å². The van der Waals surface area contributed by atoms with Crippen LogP contribution in [0.4, 0.5) is 5.13 Å². The van der Waals surface area contributed by atoms with Crippen molar-refractivity contribution in [1.82, 2.24) is 4.98 Å². The van der Waals surface area contributed by atoms with Crippen molar-refractivity contribution in [2.45, 2.75) is 0 Å². The lowest BCUT2D eigenvalue weighted by atomic mass is 10.3. The van der Waals surface area contributed by atoms with Crippen LogP contribution in [0.15, 0.2) is 17.5 Å². The van der Waals surface area contributed by atoms with Crippen LogP contribution in [-0.4, -0.2) is 23.1 Å². The zero-order valence-corrected chi connectivity index (χ0v) is 9.48. The summed E-state index contributed by atoms with van der Waals surface area (Å²) < 4.78 is 0. The number of anilines is 1. The van der Waals surface area contributed by atoms with Gasteiger partial charge in [0.25, 0.3) is 0 Å². The van der Waals surface area contributed by atoms with Gasteiger partial charge < -0.3 is 10.4 Å². The summed E-state index contributed by atoms with van der Waals surface area (Å²) in [6.07, 6.45) is 0. The van der Waals surface area contributed by atoms with Gasteiger partial charge in [-0.1, -0.05) is 17.4 Å². The van der Waals surface area contributed by atoms with Crippen LogP contribution in [0, 0.1) is 0 Å². The summed E-state index contributed by atoms with van der Waals surface area (Å²) >= 11 is 2.64. The van der Waals surface area contributed by atoms with E-state index in [9.17, 15) is 4.79 Å². The molecule has 2 heterocycles. The molecule has 4 nitrogen and oxygen atoms in total. The van der Waals surface area contributed by atoms with Crippen LogP contribution >= 0.6 is 22.7 Å². The second-order valence-corrected chi connectivity index (χ2v) is 4.68. The van der Waals surface area contributed by atoms with Gasteiger partial charge >= 0.3 is 5.97 Å². The number of thiazole rings is 1. The van der Waals surface area contributed by atoms with Crippen LogP contribution in [-0.2, 0) is 0 Å². The van der Waals surface area contributed by atoms with Crippen LogP contribution in [0.1, 0.15) is 9.67 Å². The fourth-order valence-electron chi connectivity index (χ4n) is 1.15. The Balaban J connectivity index is 2.54. The number of rotatable bonds is 3. The maximum atomic E-state index is 11.0. The summed E-state index contributed by atoms with van der Waals surface area (Å²) in [7, 11) is 1.72. The number of carboxylic acids is 1. The van der Waals surface area contributed by atoms with Crippen molar-refractivity contribution in [1.29, 1.82) is 0 Å². The first-order valence-electron chi connectivity index (χ1n) is 4.18. The third kappa shape index (κ3) is 1.86. The first-order chi connectivity index (χ1) is 7.22. The molecular weight excluding hydrogens is 232 g/mol. The first kappa shape index (κ1) is 10.1. The Labute approximate surface area is 94.2 Å². The predicted molar refractivity (Wildman–Crippen MR) is 61.9 cm³/mol. The number of nitrogens with zero attached hydrogens (tertiary/aromatic N) is 1. The lowest BCUT2D eigenvalue weighted by molar-refractivity contribution is 0.0703. The van der Waals surface area contributed by atoms with Crippen LogP contribution < -0.4 is 5.32 Å².